The fraction of sp³-hybridized carbons (Fsp3) is 0.238. The van der Waals surface area contributed by atoms with Crippen molar-refractivity contribution in [3.8, 4) is 11.5 Å². The summed E-state index contributed by atoms with van der Waals surface area (Å²) in [6, 6.07) is 12.1. The van der Waals surface area contributed by atoms with E-state index in [0.717, 1.165) is 52.2 Å². The molecule has 0 atom stereocenters. The van der Waals surface area contributed by atoms with Crippen molar-refractivity contribution in [2.75, 3.05) is 11.9 Å². The van der Waals surface area contributed by atoms with Gasteiger partial charge in [0.1, 0.15) is 23.6 Å². The standard InChI is InChI=1S/C21H19F3IN3O/c1-14-19(12-25)20(28-13-27-14)26-11-10-15-2-6-17(7-3-15)29-18-8-4-16(5-9-18)21(22,23)24/h2-9,13H,10-12H2,1H3,(H,26,27,28). The van der Waals surface area contributed by atoms with Crippen LogP contribution in [0.4, 0.5) is 19.0 Å². The number of halogens is 4. The fourth-order valence-electron chi connectivity index (χ4n) is 2.71. The number of nitrogens with zero attached hydrogens (tertiary/aromatic N) is 2. The lowest BCUT2D eigenvalue weighted by atomic mass is 10.1. The number of nitrogens with one attached hydrogen (secondary N) is 1. The first-order valence-electron chi connectivity index (χ1n) is 8.91. The summed E-state index contributed by atoms with van der Waals surface area (Å²) in [7, 11) is 0. The average Bonchev–Trinajstić information content (AvgIpc) is 2.69. The van der Waals surface area contributed by atoms with Crippen molar-refractivity contribution in [3.05, 3.63) is 77.2 Å². The summed E-state index contributed by atoms with van der Waals surface area (Å²) in [5.74, 6) is 1.78. The highest BCUT2D eigenvalue weighted by atomic mass is 127. The van der Waals surface area contributed by atoms with E-state index in [0.29, 0.717) is 11.5 Å². The fourth-order valence-corrected chi connectivity index (χ4v) is 3.62. The molecule has 0 spiro atoms. The zero-order valence-corrected chi connectivity index (χ0v) is 17.8. The van der Waals surface area contributed by atoms with Crippen molar-refractivity contribution in [1.82, 2.24) is 9.97 Å². The second-order valence-corrected chi connectivity index (χ2v) is 7.13. The Bertz CT molecular complexity index is 945. The molecule has 0 saturated carbocycles. The van der Waals surface area contributed by atoms with Crippen LogP contribution >= 0.6 is 22.6 Å². The first-order valence-corrected chi connectivity index (χ1v) is 10.4. The van der Waals surface area contributed by atoms with Gasteiger partial charge in [-0.05, 0) is 55.3 Å². The van der Waals surface area contributed by atoms with Crippen molar-refractivity contribution in [1.29, 1.82) is 0 Å². The van der Waals surface area contributed by atoms with Crippen LogP contribution in [0.15, 0.2) is 54.9 Å². The number of rotatable bonds is 7. The molecule has 8 heteroatoms. The molecule has 3 aromatic rings. The van der Waals surface area contributed by atoms with Crippen molar-refractivity contribution in [2.24, 2.45) is 0 Å². The van der Waals surface area contributed by atoms with Gasteiger partial charge in [-0.2, -0.15) is 13.2 Å². The average molecular weight is 513 g/mol. The first-order chi connectivity index (χ1) is 13.9. The summed E-state index contributed by atoms with van der Waals surface area (Å²) in [6.45, 7) is 2.69. The smallest absolute Gasteiger partial charge is 0.416 e. The third-order valence-corrected chi connectivity index (χ3v) is 5.10. The van der Waals surface area contributed by atoms with Gasteiger partial charge in [0.05, 0.1) is 5.56 Å². The molecule has 29 heavy (non-hydrogen) atoms. The molecule has 1 N–H and O–H groups in total. The molecule has 4 nitrogen and oxygen atoms in total. The molecule has 0 bridgehead atoms. The first kappa shape index (κ1) is 21.4. The molecule has 2 aromatic carbocycles. The van der Waals surface area contributed by atoms with Crippen molar-refractivity contribution >= 4 is 28.4 Å². The van der Waals surface area contributed by atoms with Gasteiger partial charge in [0, 0.05) is 22.2 Å². The van der Waals surface area contributed by atoms with Crippen LogP contribution in [0, 0.1) is 6.92 Å². The zero-order chi connectivity index (χ0) is 20.9. The molecule has 1 aromatic heterocycles. The maximum atomic E-state index is 12.6. The SMILES string of the molecule is Cc1ncnc(NCCc2ccc(Oc3ccc(C(F)(F)F)cc3)cc2)c1CI. The van der Waals surface area contributed by atoms with Gasteiger partial charge in [0.2, 0.25) is 0 Å². The van der Waals surface area contributed by atoms with E-state index in [1.165, 1.54) is 12.1 Å². The molecule has 0 aliphatic rings. The Hall–Kier alpha value is -2.36. The second-order valence-electron chi connectivity index (χ2n) is 6.36. The maximum Gasteiger partial charge on any atom is 0.416 e. The molecular weight excluding hydrogens is 494 g/mol. The van der Waals surface area contributed by atoms with Crippen LogP contribution in [-0.2, 0) is 17.0 Å². The zero-order valence-electron chi connectivity index (χ0n) is 15.6. The number of ether oxygens (including phenoxy) is 1. The molecule has 0 amide bonds. The summed E-state index contributed by atoms with van der Waals surface area (Å²) in [6.07, 6.45) is -2.00. The van der Waals surface area contributed by atoms with Crippen LogP contribution in [-0.4, -0.2) is 16.5 Å². The third kappa shape index (κ3) is 5.81. The number of hydrogen-bond acceptors (Lipinski definition) is 4. The summed E-state index contributed by atoms with van der Waals surface area (Å²) in [5, 5.41) is 3.35. The summed E-state index contributed by atoms with van der Waals surface area (Å²) in [5.41, 5.74) is 2.49. The lowest BCUT2D eigenvalue weighted by Crippen LogP contribution is -2.09. The predicted octanol–water partition coefficient (Wildman–Crippen LogP) is 6.19. The molecule has 0 fully saturated rings. The second kappa shape index (κ2) is 9.43. The van der Waals surface area contributed by atoms with E-state index in [1.807, 2.05) is 19.1 Å². The Morgan fingerprint density at radius 3 is 2.17 bits per heavy atom. The Morgan fingerprint density at radius 2 is 1.59 bits per heavy atom. The van der Waals surface area contributed by atoms with E-state index in [9.17, 15) is 13.2 Å². The minimum atomic E-state index is -4.35. The van der Waals surface area contributed by atoms with Gasteiger partial charge in [-0.15, -0.1) is 0 Å². The van der Waals surface area contributed by atoms with Gasteiger partial charge < -0.3 is 10.1 Å². The van der Waals surface area contributed by atoms with Gasteiger partial charge in [-0.1, -0.05) is 34.7 Å². The Kier molecular flexibility index (Phi) is 6.94. The highest BCUT2D eigenvalue weighted by Gasteiger charge is 2.30. The number of hydrogen-bond donors (Lipinski definition) is 1. The van der Waals surface area contributed by atoms with Crippen molar-refractivity contribution in [3.63, 3.8) is 0 Å². The lowest BCUT2D eigenvalue weighted by Gasteiger charge is -2.11. The number of anilines is 1. The minimum Gasteiger partial charge on any atom is -0.457 e. The van der Waals surface area contributed by atoms with E-state index in [2.05, 4.69) is 37.9 Å². The largest absolute Gasteiger partial charge is 0.457 e. The van der Waals surface area contributed by atoms with E-state index >= 15 is 0 Å². The predicted molar refractivity (Wildman–Crippen MR) is 115 cm³/mol. The van der Waals surface area contributed by atoms with E-state index in [4.69, 9.17) is 4.74 Å². The van der Waals surface area contributed by atoms with Crippen LogP contribution in [0.25, 0.3) is 0 Å². The van der Waals surface area contributed by atoms with Crippen molar-refractivity contribution in [2.45, 2.75) is 23.9 Å². The number of benzene rings is 2. The van der Waals surface area contributed by atoms with E-state index in [-0.39, 0.29) is 0 Å². The lowest BCUT2D eigenvalue weighted by molar-refractivity contribution is -0.137. The van der Waals surface area contributed by atoms with Crippen LogP contribution < -0.4 is 10.1 Å². The Morgan fingerprint density at radius 1 is 0.966 bits per heavy atom. The van der Waals surface area contributed by atoms with Gasteiger partial charge in [-0.3, -0.25) is 0 Å². The molecule has 152 valence electrons. The summed E-state index contributed by atoms with van der Waals surface area (Å²) in [4.78, 5) is 8.52. The quantitative estimate of drug-likeness (QED) is 0.303. The monoisotopic (exact) mass is 513 g/mol. The molecule has 0 unspecified atom stereocenters. The summed E-state index contributed by atoms with van der Waals surface area (Å²) < 4.78 is 44.3. The van der Waals surface area contributed by atoms with Crippen LogP contribution in [0.1, 0.15) is 22.4 Å². The van der Waals surface area contributed by atoms with Gasteiger partial charge in [0.15, 0.2) is 0 Å². The molecule has 1 heterocycles. The topological polar surface area (TPSA) is 47.0 Å². The number of aryl methyl sites for hydroxylation is 1. The van der Waals surface area contributed by atoms with E-state index < -0.39 is 11.7 Å². The number of alkyl halides is 4. The Balaban J connectivity index is 1.55. The van der Waals surface area contributed by atoms with Gasteiger partial charge in [0.25, 0.3) is 0 Å². The van der Waals surface area contributed by atoms with Crippen LogP contribution in [0.2, 0.25) is 0 Å². The third-order valence-electron chi connectivity index (χ3n) is 4.34. The molecule has 0 radical (unpaired) electrons. The highest BCUT2D eigenvalue weighted by Crippen LogP contribution is 2.31. The van der Waals surface area contributed by atoms with Crippen molar-refractivity contribution < 1.29 is 17.9 Å². The molecular formula is C21H19F3IN3O. The van der Waals surface area contributed by atoms with Gasteiger partial charge >= 0.3 is 6.18 Å². The van der Waals surface area contributed by atoms with Crippen LogP contribution in [0.5, 0.6) is 11.5 Å². The molecule has 0 aliphatic heterocycles. The highest BCUT2D eigenvalue weighted by molar-refractivity contribution is 14.1. The minimum absolute atomic E-state index is 0.359. The van der Waals surface area contributed by atoms with Gasteiger partial charge in [-0.25, -0.2) is 9.97 Å². The molecule has 3 rings (SSSR count). The molecule has 0 saturated heterocycles. The molecule has 0 aliphatic carbocycles. The van der Waals surface area contributed by atoms with E-state index in [1.54, 1.807) is 18.5 Å². The van der Waals surface area contributed by atoms with Crippen LogP contribution in [0.3, 0.4) is 0 Å². The Labute approximate surface area is 180 Å². The summed E-state index contributed by atoms with van der Waals surface area (Å²) >= 11 is 2.30. The maximum absolute atomic E-state index is 12.6. The number of aromatic nitrogens is 2. The normalized spacial score (nSPS) is 11.3.